The molecule has 1 aromatic heterocycles. The Labute approximate surface area is 124 Å². The Kier molecular flexibility index (Phi) is 4.87. The fourth-order valence-corrected chi connectivity index (χ4v) is 4.77. The zero-order valence-corrected chi connectivity index (χ0v) is 13.6. The molecule has 0 amide bonds. The molecule has 1 fully saturated rings. The monoisotopic (exact) mass is 318 g/mol. The molecule has 2 N–H and O–H groups in total. The highest BCUT2D eigenvalue weighted by Gasteiger charge is 2.28. The van der Waals surface area contributed by atoms with Crippen molar-refractivity contribution >= 4 is 32.2 Å². The van der Waals surface area contributed by atoms with Gasteiger partial charge in [0.05, 0.1) is 5.75 Å². The number of rotatable bonds is 5. The van der Waals surface area contributed by atoms with Crippen LogP contribution in [0, 0.1) is 0 Å². The Morgan fingerprint density at radius 3 is 2.45 bits per heavy atom. The molecule has 0 spiro atoms. The van der Waals surface area contributed by atoms with Crippen molar-refractivity contribution in [1.82, 2.24) is 9.27 Å². The van der Waals surface area contributed by atoms with Gasteiger partial charge in [-0.3, -0.25) is 4.90 Å². The predicted octanol–water partition coefficient (Wildman–Crippen LogP) is 1.05. The molecule has 2 heterocycles. The molecule has 1 aromatic rings. The zero-order valence-electron chi connectivity index (χ0n) is 12.0. The van der Waals surface area contributed by atoms with Crippen LogP contribution in [0.15, 0.2) is 4.90 Å². The van der Waals surface area contributed by atoms with Crippen molar-refractivity contribution in [3.05, 3.63) is 0 Å². The lowest BCUT2D eigenvalue weighted by Gasteiger charge is -2.35. The summed E-state index contributed by atoms with van der Waals surface area (Å²) in [5, 5.41) is 0.709. The molecule has 0 bridgehead atoms. The van der Waals surface area contributed by atoms with E-state index in [0.717, 1.165) is 39.1 Å². The molecular weight excluding hydrogens is 296 g/mol. The quantitative estimate of drug-likeness (QED) is 0.874. The van der Waals surface area contributed by atoms with Crippen LogP contribution in [-0.2, 0) is 9.84 Å². The van der Waals surface area contributed by atoms with E-state index in [2.05, 4.69) is 21.1 Å². The summed E-state index contributed by atoms with van der Waals surface area (Å²) in [7, 11) is -3.32. The molecule has 1 saturated heterocycles. The van der Waals surface area contributed by atoms with Gasteiger partial charge in [-0.15, -0.1) is 0 Å². The molecule has 0 saturated carbocycles. The van der Waals surface area contributed by atoms with Crippen LogP contribution >= 0.6 is 11.5 Å². The molecule has 1 aliphatic rings. The number of aromatic nitrogens is 1. The summed E-state index contributed by atoms with van der Waals surface area (Å²) in [6, 6.07) is 0. The van der Waals surface area contributed by atoms with Gasteiger partial charge in [0.25, 0.3) is 0 Å². The maximum Gasteiger partial charge on any atom is 0.184 e. The molecule has 0 unspecified atom stereocenters. The molecule has 2 rings (SSSR count). The minimum atomic E-state index is -3.32. The van der Waals surface area contributed by atoms with Crippen LogP contribution < -0.4 is 10.6 Å². The number of hydrogen-bond donors (Lipinski definition) is 1. The van der Waals surface area contributed by atoms with Crippen LogP contribution in [0.3, 0.4) is 0 Å². The number of nitrogens with zero attached hydrogens (tertiary/aromatic N) is 3. The third-order valence-electron chi connectivity index (χ3n) is 3.55. The molecule has 20 heavy (non-hydrogen) atoms. The molecule has 0 aromatic carbocycles. The molecular formula is C12H22N4O2S2. The lowest BCUT2D eigenvalue weighted by atomic mass is 10.3. The number of piperazine rings is 1. The highest BCUT2D eigenvalue weighted by Crippen LogP contribution is 2.35. The van der Waals surface area contributed by atoms with Crippen molar-refractivity contribution < 1.29 is 8.42 Å². The number of sulfone groups is 1. The number of nitrogen functional groups attached to an aromatic ring is 1. The second-order valence-corrected chi connectivity index (χ2v) is 7.90. The fraction of sp³-hybridized carbons (Fsp3) is 0.750. The van der Waals surface area contributed by atoms with E-state index in [1.807, 2.05) is 0 Å². The van der Waals surface area contributed by atoms with Crippen LogP contribution in [0.25, 0.3) is 0 Å². The van der Waals surface area contributed by atoms with Gasteiger partial charge in [-0.2, -0.15) is 4.37 Å². The first kappa shape index (κ1) is 15.5. The largest absolute Gasteiger partial charge is 0.382 e. The average molecular weight is 318 g/mol. The molecule has 0 atom stereocenters. The number of anilines is 2. The molecule has 114 valence electrons. The van der Waals surface area contributed by atoms with Gasteiger partial charge in [-0.25, -0.2) is 8.42 Å². The van der Waals surface area contributed by atoms with Gasteiger partial charge < -0.3 is 10.6 Å². The van der Waals surface area contributed by atoms with E-state index in [9.17, 15) is 8.42 Å². The number of nitrogens with two attached hydrogens (primary N) is 1. The summed E-state index contributed by atoms with van der Waals surface area (Å²) >= 11 is 1.19. The van der Waals surface area contributed by atoms with Crippen molar-refractivity contribution in [3.63, 3.8) is 0 Å². The van der Waals surface area contributed by atoms with Crippen molar-refractivity contribution in [2.75, 3.05) is 49.1 Å². The van der Waals surface area contributed by atoms with E-state index < -0.39 is 9.84 Å². The third-order valence-corrected chi connectivity index (χ3v) is 6.38. The lowest BCUT2D eigenvalue weighted by molar-refractivity contribution is 0.258. The maximum absolute atomic E-state index is 12.2. The standard InChI is InChI=1S/C12H22N4O2S2/c1-3-5-15-6-8-16(9-7-15)12-10(11(13)14-19-12)20(17,18)4-2/h3-9H2,1-2H3,(H2,13,14). The predicted molar refractivity (Wildman–Crippen MR) is 83.2 cm³/mol. The summed E-state index contributed by atoms with van der Waals surface area (Å²) in [6.45, 7) is 8.46. The summed E-state index contributed by atoms with van der Waals surface area (Å²) in [6.07, 6.45) is 1.14. The molecule has 0 radical (unpaired) electrons. The summed E-state index contributed by atoms with van der Waals surface area (Å²) in [4.78, 5) is 4.73. The Morgan fingerprint density at radius 2 is 1.90 bits per heavy atom. The van der Waals surface area contributed by atoms with E-state index in [0.29, 0.717) is 5.00 Å². The first-order valence-electron chi connectivity index (χ1n) is 6.94. The van der Waals surface area contributed by atoms with Crippen molar-refractivity contribution in [2.45, 2.75) is 25.2 Å². The second kappa shape index (κ2) is 6.28. The van der Waals surface area contributed by atoms with Gasteiger partial charge in [0, 0.05) is 26.2 Å². The van der Waals surface area contributed by atoms with Gasteiger partial charge in [0.2, 0.25) is 0 Å². The highest BCUT2D eigenvalue weighted by molar-refractivity contribution is 7.91. The van der Waals surface area contributed by atoms with Gasteiger partial charge in [0.1, 0.15) is 9.90 Å². The summed E-state index contributed by atoms with van der Waals surface area (Å²) in [5.74, 6) is 0.195. The Hall–Kier alpha value is -0.860. The Balaban J connectivity index is 2.19. The van der Waals surface area contributed by atoms with Crippen molar-refractivity contribution in [3.8, 4) is 0 Å². The minimum absolute atomic E-state index is 0.0540. The zero-order chi connectivity index (χ0) is 14.8. The lowest BCUT2D eigenvalue weighted by Crippen LogP contribution is -2.46. The van der Waals surface area contributed by atoms with E-state index in [1.54, 1.807) is 6.92 Å². The molecule has 1 aliphatic heterocycles. The van der Waals surface area contributed by atoms with Gasteiger partial charge in [-0.05, 0) is 24.5 Å². The average Bonchev–Trinajstić information content (AvgIpc) is 2.83. The first-order valence-corrected chi connectivity index (χ1v) is 9.37. The smallest absolute Gasteiger partial charge is 0.184 e. The van der Waals surface area contributed by atoms with Gasteiger partial charge >= 0.3 is 0 Å². The number of hydrogen-bond acceptors (Lipinski definition) is 7. The summed E-state index contributed by atoms with van der Waals surface area (Å²) < 4.78 is 28.4. The van der Waals surface area contributed by atoms with Crippen LogP contribution in [0.5, 0.6) is 0 Å². The highest BCUT2D eigenvalue weighted by atomic mass is 32.2. The van der Waals surface area contributed by atoms with Crippen LogP contribution in [-0.4, -0.2) is 56.2 Å². The van der Waals surface area contributed by atoms with E-state index in [-0.39, 0.29) is 16.5 Å². The SMILES string of the molecule is CCCN1CCN(c2snc(N)c2S(=O)(=O)CC)CC1. The first-order chi connectivity index (χ1) is 9.49. The Bertz CT molecular complexity index is 548. The molecule has 6 nitrogen and oxygen atoms in total. The fourth-order valence-electron chi connectivity index (χ4n) is 2.41. The van der Waals surface area contributed by atoms with Crippen molar-refractivity contribution in [2.24, 2.45) is 0 Å². The summed E-state index contributed by atoms with van der Waals surface area (Å²) in [5.41, 5.74) is 5.77. The molecule has 8 heteroatoms. The van der Waals surface area contributed by atoms with E-state index >= 15 is 0 Å². The molecule has 0 aliphatic carbocycles. The minimum Gasteiger partial charge on any atom is -0.382 e. The van der Waals surface area contributed by atoms with Gasteiger partial charge in [0.15, 0.2) is 15.7 Å². The van der Waals surface area contributed by atoms with Crippen LogP contribution in [0.1, 0.15) is 20.3 Å². The topological polar surface area (TPSA) is 79.5 Å². The second-order valence-electron chi connectivity index (χ2n) is 4.93. The van der Waals surface area contributed by atoms with E-state index in [4.69, 9.17) is 5.73 Å². The van der Waals surface area contributed by atoms with Crippen LogP contribution in [0.4, 0.5) is 10.8 Å². The van der Waals surface area contributed by atoms with Crippen molar-refractivity contribution in [1.29, 1.82) is 0 Å². The normalized spacial score (nSPS) is 17.6. The maximum atomic E-state index is 12.2. The van der Waals surface area contributed by atoms with Gasteiger partial charge in [-0.1, -0.05) is 13.8 Å². The van der Waals surface area contributed by atoms with E-state index in [1.165, 1.54) is 11.5 Å². The Morgan fingerprint density at radius 1 is 1.25 bits per heavy atom. The van der Waals surface area contributed by atoms with Crippen LogP contribution in [0.2, 0.25) is 0 Å². The third kappa shape index (κ3) is 3.07.